The maximum atomic E-state index is 13.7. The molecule has 5 atom stereocenters. The quantitative estimate of drug-likeness (QED) is 0.142. The molecule has 0 aromatic carbocycles. The number of hydrogen-bond acceptors (Lipinski definition) is 5. The number of carboxylic acid groups (broad SMARTS) is 1. The van der Waals surface area contributed by atoms with Gasteiger partial charge in [-0.15, -0.1) is 0 Å². The van der Waals surface area contributed by atoms with Gasteiger partial charge in [0.25, 0.3) is 0 Å². The minimum absolute atomic E-state index is 0.0176. The molecular formula is C31H63NO6Si2. The summed E-state index contributed by atoms with van der Waals surface area (Å²) in [6, 6.07) is -0.575. The van der Waals surface area contributed by atoms with Gasteiger partial charge in [0, 0.05) is 5.57 Å². The molecule has 1 amide bonds. The largest absolute Gasteiger partial charge is 0.478 e. The molecule has 0 radical (unpaired) electrons. The van der Waals surface area contributed by atoms with E-state index in [4.69, 9.17) is 8.85 Å². The summed E-state index contributed by atoms with van der Waals surface area (Å²) >= 11 is 0. The van der Waals surface area contributed by atoms with Crippen LogP contribution >= 0.6 is 0 Å². The summed E-state index contributed by atoms with van der Waals surface area (Å²) in [4.78, 5) is 25.3. The van der Waals surface area contributed by atoms with Crippen LogP contribution in [0, 0.1) is 17.3 Å². The maximum Gasteiger partial charge on any atom is 0.331 e. The highest BCUT2D eigenvalue weighted by molar-refractivity contribution is 6.74. The Hall–Kier alpha value is -1.01. The summed E-state index contributed by atoms with van der Waals surface area (Å²) < 4.78 is 13.2. The SMILES string of the molecule is C/C(=C\[C@@H](CO[Si](C)(C)C(C)(C)C)NC(=O)[C@@H](C)[C@H](C[C@H](C)C[C@H](O)C(C)(C)C)O[Si](C)(C)C(C)(C)C)C(=O)O. The molecule has 0 aliphatic carbocycles. The summed E-state index contributed by atoms with van der Waals surface area (Å²) in [5.41, 5.74) is -0.0608. The number of nitrogens with one attached hydrogen (secondary N) is 1. The normalized spacial score (nSPS) is 18.1. The Morgan fingerprint density at radius 3 is 1.75 bits per heavy atom. The van der Waals surface area contributed by atoms with E-state index in [-0.39, 0.29) is 45.6 Å². The summed E-state index contributed by atoms with van der Waals surface area (Å²) in [5.74, 6) is -1.54. The maximum absolute atomic E-state index is 13.7. The molecule has 0 spiro atoms. The third-order valence-electron chi connectivity index (χ3n) is 9.03. The monoisotopic (exact) mass is 601 g/mol. The van der Waals surface area contributed by atoms with Crippen molar-refractivity contribution in [2.75, 3.05) is 6.61 Å². The highest BCUT2D eigenvalue weighted by Crippen LogP contribution is 2.40. The average molecular weight is 602 g/mol. The van der Waals surface area contributed by atoms with E-state index in [1.165, 1.54) is 6.92 Å². The van der Waals surface area contributed by atoms with Gasteiger partial charge >= 0.3 is 5.97 Å². The molecule has 0 heterocycles. The zero-order valence-electron chi connectivity index (χ0n) is 28.6. The molecule has 0 aromatic rings. The van der Waals surface area contributed by atoms with Gasteiger partial charge in [0.1, 0.15) is 0 Å². The van der Waals surface area contributed by atoms with Gasteiger partial charge in [0.2, 0.25) is 5.91 Å². The second-order valence-electron chi connectivity index (χ2n) is 16.0. The number of carbonyl (C=O) groups excluding carboxylic acids is 1. The van der Waals surface area contributed by atoms with Crippen molar-refractivity contribution in [2.45, 2.75) is 150 Å². The lowest BCUT2D eigenvalue weighted by atomic mass is 9.82. The second-order valence-corrected chi connectivity index (χ2v) is 25.6. The first kappa shape index (κ1) is 39.0. The molecule has 0 saturated heterocycles. The van der Waals surface area contributed by atoms with E-state index < -0.39 is 40.7 Å². The van der Waals surface area contributed by atoms with E-state index in [1.54, 1.807) is 6.08 Å². The highest BCUT2D eigenvalue weighted by atomic mass is 28.4. The van der Waals surface area contributed by atoms with Gasteiger partial charge in [-0.05, 0) is 73.4 Å². The number of carboxylic acids is 1. The van der Waals surface area contributed by atoms with Gasteiger partial charge in [0.15, 0.2) is 16.6 Å². The van der Waals surface area contributed by atoms with E-state index in [9.17, 15) is 19.8 Å². The number of carbonyl (C=O) groups is 2. The zero-order chi connectivity index (χ0) is 32.1. The molecule has 3 N–H and O–H groups in total. The molecule has 0 rings (SSSR count). The van der Waals surface area contributed by atoms with Gasteiger partial charge in [0.05, 0.1) is 30.8 Å². The first-order valence-electron chi connectivity index (χ1n) is 14.8. The van der Waals surface area contributed by atoms with Crippen molar-refractivity contribution in [1.29, 1.82) is 0 Å². The lowest BCUT2D eigenvalue weighted by Gasteiger charge is -2.42. The summed E-state index contributed by atoms with van der Waals surface area (Å²) in [6.45, 7) is 33.5. The summed E-state index contributed by atoms with van der Waals surface area (Å²) in [6.07, 6.45) is 2.05. The Morgan fingerprint density at radius 1 is 0.875 bits per heavy atom. The molecule has 40 heavy (non-hydrogen) atoms. The van der Waals surface area contributed by atoms with Crippen molar-refractivity contribution in [2.24, 2.45) is 17.3 Å². The van der Waals surface area contributed by atoms with E-state index in [0.29, 0.717) is 12.8 Å². The number of hydrogen-bond donors (Lipinski definition) is 3. The average Bonchev–Trinajstić information content (AvgIpc) is 2.73. The predicted octanol–water partition coefficient (Wildman–Crippen LogP) is 7.37. The second kappa shape index (κ2) is 14.4. The lowest BCUT2D eigenvalue weighted by Crippen LogP contribution is -2.51. The zero-order valence-corrected chi connectivity index (χ0v) is 30.6. The molecule has 7 nitrogen and oxygen atoms in total. The molecule has 0 unspecified atom stereocenters. The Kier molecular flexibility index (Phi) is 14.1. The van der Waals surface area contributed by atoms with E-state index in [2.05, 4.69) is 80.0 Å². The van der Waals surface area contributed by atoms with Crippen molar-refractivity contribution in [1.82, 2.24) is 5.32 Å². The number of amides is 1. The minimum Gasteiger partial charge on any atom is -0.478 e. The number of rotatable bonds is 14. The molecule has 0 fully saturated rings. The van der Waals surface area contributed by atoms with Crippen LogP contribution in [-0.4, -0.2) is 63.6 Å². The minimum atomic E-state index is -2.21. The Morgan fingerprint density at radius 2 is 1.35 bits per heavy atom. The number of aliphatic hydroxyl groups excluding tert-OH is 1. The van der Waals surface area contributed by atoms with Gasteiger partial charge in [-0.1, -0.05) is 76.2 Å². The molecule has 9 heteroatoms. The first-order chi connectivity index (χ1) is 17.6. The van der Waals surface area contributed by atoms with Crippen LogP contribution in [-0.2, 0) is 18.4 Å². The van der Waals surface area contributed by atoms with Gasteiger partial charge in [-0.3, -0.25) is 4.79 Å². The number of aliphatic hydroxyl groups is 1. The number of aliphatic carboxylic acids is 1. The highest BCUT2D eigenvalue weighted by Gasteiger charge is 2.42. The molecule has 0 aliphatic heterocycles. The van der Waals surface area contributed by atoms with Crippen LogP contribution in [0.3, 0.4) is 0 Å². The van der Waals surface area contributed by atoms with Crippen LogP contribution in [0.5, 0.6) is 0 Å². The van der Waals surface area contributed by atoms with Crippen LogP contribution in [0.1, 0.15) is 95.9 Å². The van der Waals surface area contributed by atoms with Crippen molar-refractivity contribution in [3.8, 4) is 0 Å². The fourth-order valence-electron chi connectivity index (χ4n) is 3.64. The fraction of sp³-hybridized carbons (Fsp3) is 0.871. The third kappa shape index (κ3) is 12.5. The van der Waals surface area contributed by atoms with Crippen LogP contribution in [0.25, 0.3) is 0 Å². The van der Waals surface area contributed by atoms with E-state index >= 15 is 0 Å². The Bertz CT molecular complexity index is 865. The molecule has 0 bridgehead atoms. The van der Waals surface area contributed by atoms with Crippen molar-refractivity contribution < 1.29 is 28.7 Å². The first-order valence-corrected chi connectivity index (χ1v) is 20.7. The predicted molar refractivity (Wildman–Crippen MR) is 172 cm³/mol. The van der Waals surface area contributed by atoms with Gasteiger partial charge < -0.3 is 24.4 Å². The molecule has 0 saturated carbocycles. The molecule has 236 valence electrons. The standard InChI is InChI=1S/C31H63NO6Si2/c1-21(18-26(33)29(4,5)6)17-25(38-40(15,16)31(10,11)12)23(3)27(34)32-24(19-22(2)28(35)36)20-37-39(13,14)30(7,8)9/h19,21,23-26,33H,17-18,20H2,1-16H3,(H,32,34)(H,35,36)/b22-19+/t21-,23-,24-,25-,26-/m0/s1. The Balaban J connectivity index is 6.09. The van der Waals surface area contributed by atoms with Gasteiger partial charge in [-0.2, -0.15) is 0 Å². The van der Waals surface area contributed by atoms with Crippen molar-refractivity contribution in [3.05, 3.63) is 11.6 Å². The van der Waals surface area contributed by atoms with Crippen LogP contribution in [0.4, 0.5) is 0 Å². The van der Waals surface area contributed by atoms with Crippen LogP contribution in [0.15, 0.2) is 11.6 Å². The topological polar surface area (TPSA) is 105 Å². The summed E-state index contributed by atoms with van der Waals surface area (Å²) in [5, 5.41) is 23.3. The lowest BCUT2D eigenvalue weighted by molar-refractivity contribution is -0.133. The van der Waals surface area contributed by atoms with Crippen LogP contribution in [0.2, 0.25) is 36.3 Å². The van der Waals surface area contributed by atoms with E-state index in [0.717, 1.165) is 0 Å². The third-order valence-corrected chi connectivity index (χ3v) is 18.0. The van der Waals surface area contributed by atoms with E-state index in [1.807, 2.05) is 27.7 Å². The molecular weight excluding hydrogens is 539 g/mol. The fourth-order valence-corrected chi connectivity index (χ4v) is 6.08. The van der Waals surface area contributed by atoms with Crippen molar-refractivity contribution in [3.63, 3.8) is 0 Å². The molecule has 0 aliphatic rings. The molecule has 0 aromatic heterocycles. The summed E-state index contributed by atoms with van der Waals surface area (Å²) in [7, 11) is -4.34. The van der Waals surface area contributed by atoms with Gasteiger partial charge in [-0.25, -0.2) is 4.79 Å². The Labute approximate surface area is 248 Å². The van der Waals surface area contributed by atoms with Crippen molar-refractivity contribution >= 4 is 28.5 Å². The smallest absolute Gasteiger partial charge is 0.331 e. The van der Waals surface area contributed by atoms with Crippen LogP contribution < -0.4 is 5.32 Å².